The molecule has 1 aliphatic carbocycles. The van der Waals surface area contributed by atoms with E-state index in [1.807, 2.05) is 36.9 Å². The number of hydrogen-bond acceptors (Lipinski definition) is 4. The van der Waals surface area contributed by atoms with Crippen molar-refractivity contribution in [2.45, 2.75) is 50.7 Å². The quantitative estimate of drug-likeness (QED) is 0.896. The van der Waals surface area contributed by atoms with E-state index in [-0.39, 0.29) is 24.7 Å². The number of hydrogen-bond donors (Lipinski definition) is 2. The van der Waals surface area contributed by atoms with Crippen molar-refractivity contribution in [3.63, 3.8) is 0 Å². The van der Waals surface area contributed by atoms with E-state index in [9.17, 15) is 9.90 Å². The fourth-order valence-corrected chi connectivity index (χ4v) is 3.88. The number of aliphatic hydroxyl groups excluding tert-OH is 1. The highest BCUT2D eigenvalue weighted by Gasteiger charge is 2.38. The first-order chi connectivity index (χ1) is 12.0. The maximum Gasteiger partial charge on any atom is 0.254 e. The van der Waals surface area contributed by atoms with Gasteiger partial charge in [-0.05, 0) is 37.5 Å². The van der Waals surface area contributed by atoms with Gasteiger partial charge in [0.25, 0.3) is 5.91 Å². The predicted molar refractivity (Wildman–Crippen MR) is 94.6 cm³/mol. The van der Waals surface area contributed by atoms with Crippen LogP contribution < -0.4 is 0 Å². The molecule has 0 unspecified atom stereocenters. The largest absolute Gasteiger partial charge is 0.395 e. The monoisotopic (exact) mass is 343 g/mol. The summed E-state index contributed by atoms with van der Waals surface area (Å²) >= 11 is 0. The van der Waals surface area contributed by atoms with Gasteiger partial charge in [-0.3, -0.25) is 4.79 Å². The van der Waals surface area contributed by atoms with E-state index in [1.165, 1.54) is 0 Å². The van der Waals surface area contributed by atoms with Crippen molar-refractivity contribution in [1.29, 1.82) is 0 Å². The molecule has 2 heterocycles. The van der Waals surface area contributed by atoms with Crippen LogP contribution in [0.5, 0.6) is 0 Å². The molecule has 1 amide bonds. The van der Waals surface area contributed by atoms with E-state index in [0.29, 0.717) is 18.7 Å². The highest BCUT2D eigenvalue weighted by molar-refractivity contribution is 5.97. The summed E-state index contributed by atoms with van der Waals surface area (Å²) < 4.78 is 5.81. The summed E-state index contributed by atoms with van der Waals surface area (Å²) in [5.74, 6) is 0.802. The highest BCUT2D eigenvalue weighted by Crippen LogP contribution is 2.31. The molecule has 0 bridgehead atoms. The molecule has 2 aliphatic rings. The molecule has 1 aliphatic heterocycles. The number of aliphatic hydroxyl groups is 1. The highest BCUT2D eigenvalue weighted by atomic mass is 16.5. The molecule has 1 saturated heterocycles. The minimum Gasteiger partial charge on any atom is -0.395 e. The molecule has 1 saturated carbocycles. The number of fused-ring (bicyclic) bond motifs is 2. The number of ether oxygens (including phenoxy) is 1. The molecule has 2 aromatic rings. The summed E-state index contributed by atoms with van der Waals surface area (Å²) in [5, 5.41) is 9.54. The Hall–Kier alpha value is -1.92. The number of imidazole rings is 1. The standard InChI is InChI=1S/C19H25N3O3/c1-19(2,11-23)18-20-13-7-6-12(10-14(13)21-18)17(24)22-8-9-25-16-5-3-4-15(16)22/h6-7,10,15-16,23H,3-5,8-9,11H2,1-2H3,(H,20,21)/t15-,16+/m0/s1. The zero-order valence-corrected chi connectivity index (χ0v) is 14.8. The Balaban J connectivity index is 1.63. The van der Waals surface area contributed by atoms with Crippen LogP contribution in [0.25, 0.3) is 11.0 Å². The number of morpholine rings is 1. The molecule has 0 spiro atoms. The second kappa shape index (κ2) is 6.11. The first-order valence-electron chi connectivity index (χ1n) is 9.03. The van der Waals surface area contributed by atoms with Gasteiger partial charge >= 0.3 is 0 Å². The van der Waals surface area contributed by atoms with Crippen molar-refractivity contribution in [3.05, 3.63) is 29.6 Å². The fourth-order valence-electron chi connectivity index (χ4n) is 3.88. The maximum absolute atomic E-state index is 13.0. The third-order valence-corrected chi connectivity index (χ3v) is 5.51. The Morgan fingerprint density at radius 2 is 2.28 bits per heavy atom. The summed E-state index contributed by atoms with van der Waals surface area (Å²) in [6.07, 6.45) is 3.40. The lowest BCUT2D eigenvalue weighted by Gasteiger charge is -2.37. The zero-order chi connectivity index (χ0) is 17.6. The summed E-state index contributed by atoms with van der Waals surface area (Å²) in [4.78, 5) is 22.9. The normalized spacial score (nSPS) is 23.9. The minimum atomic E-state index is -0.440. The first-order valence-corrected chi connectivity index (χ1v) is 9.03. The number of nitrogens with one attached hydrogen (secondary N) is 1. The molecule has 0 radical (unpaired) electrons. The van der Waals surface area contributed by atoms with Gasteiger partial charge in [0.05, 0.1) is 36.4 Å². The summed E-state index contributed by atoms with van der Waals surface area (Å²) in [6, 6.07) is 5.81. The molecular weight excluding hydrogens is 318 g/mol. The maximum atomic E-state index is 13.0. The number of rotatable bonds is 3. The number of carbonyl (C=O) groups excluding carboxylic acids is 1. The third-order valence-electron chi connectivity index (χ3n) is 5.51. The average Bonchev–Trinajstić information content (AvgIpc) is 3.26. The molecule has 134 valence electrons. The summed E-state index contributed by atoms with van der Waals surface area (Å²) in [6.45, 7) is 5.16. The van der Waals surface area contributed by atoms with Crippen LogP contribution >= 0.6 is 0 Å². The molecule has 6 nitrogen and oxygen atoms in total. The number of H-pyrrole nitrogens is 1. The molecule has 2 fully saturated rings. The van der Waals surface area contributed by atoms with Crippen LogP contribution in [0.2, 0.25) is 0 Å². The van der Waals surface area contributed by atoms with E-state index in [1.54, 1.807) is 0 Å². The summed E-state index contributed by atoms with van der Waals surface area (Å²) in [7, 11) is 0. The predicted octanol–water partition coefficient (Wildman–Crippen LogP) is 2.23. The van der Waals surface area contributed by atoms with Gasteiger partial charge in [-0.15, -0.1) is 0 Å². The van der Waals surface area contributed by atoms with Crippen LogP contribution in [0, 0.1) is 0 Å². The Bertz CT molecular complexity index is 798. The second-order valence-electron chi connectivity index (χ2n) is 7.77. The Morgan fingerprint density at radius 3 is 3.08 bits per heavy atom. The van der Waals surface area contributed by atoms with E-state index in [0.717, 1.165) is 36.1 Å². The van der Waals surface area contributed by atoms with Crippen LogP contribution in [0.15, 0.2) is 18.2 Å². The molecule has 2 atom stereocenters. The van der Waals surface area contributed by atoms with Gasteiger partial charge in [0, 0.05) is 17.5 Å². The van der Waals surface area contributed by atoms with Gasteiger partial charge < -0.3 is 19.7 Å². The molecule has 1 aromatic heterocycles. The van der Waals surface area contributed by atoms with Crippen LogP contribution in [0.1, 0.15) is 49.3 Å². The Labute approximate surface area is 147 Å². The van der Waals surface area contributed by atoms with Crippen molar-refractivity contribution < 1.29 is 14.6 Å². The number of aromatic nitrogens is 2. The first kappa shape index (κ1) is 16.5. The van der Waals surface area contributed by atoms with Crippen molar-refractivity contribution in [1.82, 2.24) is 14.9 Å². The van der Waals surface area contributed by atoms with Gasteiger partial charge in [0.1, 0.15) is 5.82 Å². The van der Waals surface area contributed by atoms with Gasteiger partial charge in [0.15, 0.2) is 0 Å². The van der Waals surface area contributed by atoms with Crippen molar-refractivity contribution in [2.75, 3.05) is 19.8 Å². The van der Waals surface area contributed by atoms with Gasteiger partial charge in [-0.2, -0.15) is 0 Å². The van der Waals surface area contributed by atoms with Crippen molar-refractivity contribution in [2.24, 2.45) is 0 Å². The molecule has 25 heavy (non-hydrogen) atoms. The van der Waals surface area contributed by atoms with E-state index >= 15 is 0 Å². The number of aromatic amines is 1. The lowest BCUT2D eigenvalue weighted by Crippen LogP contribution is -2.51. The Kier molecular flexibility index (Phi) is 4.04. The molecule has 4 rings (SSSR count). The number of carbonyl (C=O) groups is 1. The van der Waals surface area contributed by atoms with Gasteiger partial charge in [-0.1, -0.05) is 13.8 Å². The molecule has 6 heteroatoms. The van der Waals surface area contributed by atoms with Crippen molar-refractivity contribution in [3.8, 4) is 0 Å². The number of amides is 1. The number of benzene rings is 1. The fraction of sp³-hybridized carbons (Fsp3) is 0.579. The molecule has 1 aromatic carbocycles. The zero-order valence-electron chi connectivity index (χ0n) is 14.8. The molecule has 2 N–H and O–H groups in total. The van der Waals surface area contributed by atoms with Crippen molar-refractivity contribution >= 4 is 16.9 Å². The third kappa shape index (κ3) is 2.83. The minimum absolute atomic E-state index is 0.00938. The van der Waals surface area contributed by atoms with Gasteiger partial charge in [0.2, 0.25) is 0 Å². The molecular formula is C19H25N3O3. The Morgan fingerprint density at radius 1 is 1.44 bits per heavy atom. The van der Waals surface area contributed by atoms with Crippen LogP contribution in [-0.4, -0.2) is 57.8 Å². The van der Waals surface area contributed by atoms with Crippen LogP contribution in [0.4, 0.5) is 0 Å². The second-order valence-corrected chi connectivity index (χ2v) is 7.77. The topological polar surface area (TPSA) is 78.5 Å². The van der Waals surface area contributed by atoms with E-state index < -0.39 is 5.41 Å². The number of nitrogens with zero attached hydrogens (tertiary/aromatic N) is 2. The van der Waals surface area contributed by atoms with Crippen LogP contribution in [-0.2, 0) is 10.2 Å². The summed E-state index contributed by atoms with van der Waals surface area (Å²) in [5.41, 5.74) is 1.88. The SMILES string of the molecule is CC(C)(CO)c1nc2ccc(C(=O)N3CCO[C@@H]4CCC[C@@H]43)cc2[nH]1. The van der Waals surface area contributed by atoms with Crippen LogP contribution in [0.3, 0.4) is 0 Å². The van der Waals surface area contributed by atoms with E-state index in [4.69, 9.17) is 4.74 Å². The smallest absolute Gasteiger partial charge is 0.254 e. The lowest BCUT2D eigenvalue weighted by atomic mass is 9.94. The lowest BCUT2D eigenvalue weighted by molar-refractivity contribution is -0.0445. The van der Waals surface area contributed by atoms with E-state index in [2.05, 4.69) is 9.97 Å². The van der Waals surface area contributed by atoms with Gasteiger partial charge in [-0.25, -0.2) is 4.98 Å². The average molecular weight is 343 g/mol.